The number of carbonyl (C=O) groups is 1. The molecule has 0 spiro atoms. The molecule has 0 unspecified atom stereocenters. The molecule has 0 aliphatic carbocycles. The number of rotatable bonds is 7. The standard InChI is InChI=1S/C19H29ClFN3O3S/c1-19(2,3)28(26,27)23-6-9-24-7-4-14(5-8-24)13-22-18(25)15-10-16(20)12-17(21)11-15/h10-12,14,23H,4-9,13H2,1-3H3,(H,22,25). The first-order valence-electron chi connectivity index (χ1n) is 9.44. The van der Waals surface area contributed by atoms with Crippen LogP contribution in [0, 0.1) is 11.7 Å². The number of nitrogens with zero attached hydrogens (tertiary/aromatic N) is 1. The zero-order valence-corrected chi connectivity index (χ0v) is 18.2. The van der Waals surface area contributed by atoms with Crippen LogP contribution in [0.5, 0.6) is 0 Å². The Labute approximate surface area is 171 Å². The van der Waals surface area contributed by atoms with E-state index in [1.54, 1.807) is 20.8 Å². The number of sulfonamides is 1. The molecule has 2 N–H and O–H groups in total. The molecule has 6 nitrogen and oxygen atoms in total. The van der Waals surface area contributed by atoms with Crippen molar-refractivity contribution in [2.75, 3.05) is 32.7 Å². The van der Waals surface area contributed by atoms with Crippen molar-refractivity contribution < 1.29 is 17.6 Å². The van der Waals surface area contributed by atoms with E-state index in [1.807, 2.05) is 0 Å². The van der Waals surface area contributed by atoms with Gasteiger partial charge in [0.1, 0.15) is 5.82 Å². The number of amides is 1. The van der Waals surface area contributed by atoms with Crippen LogP contribution in [0.1, 0.15) is 44.0 Å². The third kappa shape index (κ3) is 6.69. The van der Waals surface area contributed by atoms with Crippen LogP contribution in [0.25, 0.3) is 0 Å². The van der Waals surface area contributed by atoms with Crippen LogP contribution in [-0.2, 0) is 10.0 Å². The molecule has 0 radical (unpaired) electrons. The summed E-state index contributed by atoms with van der Waals surface area (Å²) in [6, 6.07) is 3.78. The predicted octanol–water partition coefficient (Wildman–Crippen LogP) is 2.64. The molecule has 1 fully saturated rings. The smallest absolute Gasteiger partial charge is 0.251 e. The van der Waals surface area contributed by atoms with E-state index in [0.717, 1.165) is 32.0 Å². The maximum atomic E-state index is 13.4. The summed E-state index contributed by atoms with van der Waals surface area (Å²) >= 11 is 5.79. The highest BCUT2D eigenvalue weighted by Crippen LogP contribution is 2.18. The number of nitrogens with one attached hydrogen (secondary N) is 2. The summed E-state index contributed by atoms with van der Waals surface area (Å²) in [7, 11) is -3.32. The minimum Gasteiger partial charge on any atom is -0.352 e. The fraction of sp³-hybridized carbons (Fsp3) is 0.632. The third-order valence-corrected chi connectivity index (χ3v) is 7.32. The summed E-state index contributed by atoms with van der Waals surface area (Å²) in [5, 5.41) is 3.04. The van der Waals surface area contributed by atoms with Crippen molar-refractivity contribution in [2.45, 2.75) is 38.4 Å². The first-order chi connectivity index (χ1) is 13.0. The number of likely N-dealkylation sites (tertiary alicyclic amines) is 1. The van der Waals surface area contributed by atoms with Gasteiger partial charge in [-0.25, -0.2) is 17.5 Å². The van der Waals surface area contributed by atoms with Crippen molar-refractivity contribution in [2.24, 2.45) is 5.92 Å². The maximum Gasteiger partial charge on any atom is 0.251 e. The van der Waals surface area contributed by atoms with Crippen molar-refractivity contribution >= 4 is 27.5 Å². The third-order valence-electron chi connectivity index (χ3n) is 4.91. The van der Waals surface area contributed by atoms with Gasteiger partial charge in [0.15, 0.2) is 0 Å². The largest absolute Gasteiger partial charge is 0.352 e. The lowest BCUT2D eigenvalue weighted by Crippen LogP contribution is -2.45. The van der Waals surface area contributed by atoms with Crippen LogP contribution >= 0.6 is 11.6 Å². The Balaban J connectivity index is 1.70. The maximum absolute atomic E-state index is 13.4. The zero-order chi connectivity index (χ0) is 20.9. The van der Waals surface area contributed by atoms with E-state index in [0.29, 0.717) is 25.6 Å². The fourth-order valence-corrected chi connectivity index (χ4v) is 4.01. The monoisotopic (exact) mass is 433 g/mol. The van der Waals surface area contributed by atoms with Gasteiger partial charge in [0.05, 0.1) is 4.75 Å². The van der Waals surface area contributed by atoms with Crippen molar-refractivity contribution in [1.82, 2.24) is 14.9 Å². The first kappa shape index (κ1) is 23.1. The molecule has 1 saturated heterocycles. The van der Waals surface area contributed by atoms with Crippen LogP contribution in [0.4, 0.5) is 4.39 Å². The molecular formula is C19H29ClFN3O3S. The molecular weight excluding hydrogens is 405 g/mol. The lowest BCUT2D eigenvalue weighted by Gasteiger charge is -2.32. The van der Waals surface area contributed by atoms with E-state index < -0.39 is 20.6 Å². The average molecular weight is 434 g/mol. The van der Waals surface area contributed by atoms with Crippen LogP contribution in [0.3, 0.4) is 0 Å². The Morgan fingerprint density at radius 2 is 1.89 bits per heavy atom. The van der Waals surface area contributed by atoms with Gasteiger partial charge in [-0.05, 0) is 70.8 Å². The fourth-order valence-electron chi connectivity index (χ4n) is 2.99. The van der Waals surface area contributed by atoms with Crippen LogP contribution in [0.15, 0.2) is 18.2 Å². The van der Waals surface area contributed by atoms with Gasteiger partial charge in [-0.2, -0.15) is 0 Å². The van der Waals surface area contributed by atoms with Crippen molar-refractivity contribution in [3.05, 3.63) is 34.6 Å². The highest BCUT2D eigenvalue weighted by atomic mass is 35.5. The molecule has 0 bridgehead atoms. The summed E-state index contributed by atoms with van der Waals surface area (Å²) in [5.41, 5.74) is 0.216. The Morgan fingerprint density at radius 1 is 1.25 bits per heavy atom. The minimum atomic E-state index is -3.32. The van der Waals surface area contributed by atoms with Gasteiger partial charge in [0.25, 0.3) is 5.91 Å². The number of piperidine rings is 1. The van der Waals surface area contributed by atoms with Crippen molar-refractivity contribution in [1.29, 1.82) is 0 Å². The molecule has 0 atom stereocenters. The molecule has 1 aliphatic rings. The molecule has 1 heterocycles. The predicted molar refractivity (Wildman–Crippen MR) is 110 cm³/mol. The number of hydrogen-bond donors (Lipinski definition) is 2. The molecule has 9 heteroatoms. The van der Waals surface area contributed by atoms with E-state index in [9.17, 15) is 17.6 Å². The van der Waals surface area contributed by atoms with E-state index >= 15 is 0 Å². The highest BCUT2D eigenvalue weighted by Gasteiger charge is 2.28. The molecule has 0 aromatic heterocycles. The summed E-state index contributed by atoms with van der Waals surface area (Å²) < 4.78 is 39.3. The Kier molecular flexibility index (Phi) is 7.84. The van der Waals surface area contributed by atoms with E-state index in [1.165, 1.54) is 12.1 Å². The topological polar surface area (TPSA) is 78.5 Å². The van der Waals surface area contributed by atoms with Gasteiger partial charge in [0.2, 0.25) is 10.0 Å². The van der Waals surface area contributed by atoms with E-state index in [2.05, 4.69) is 14.9 Å². The van der Waals surface area contributed by atoms with Gasteiger partial charge in [-0.3, -0.25) is 4.79 Å². The van der Waals surface area contributed by atoms with Crippen LogP contribution in [-0.4, -0.2) is 56.7 Å². The SMILES string of the molecule is CC(C)(C)S(=O)(=O)NCCN1CCC(CNC(=O)c2cc(F)cc(Cl)c2)CC1. The first-order valence-corrected chi connectivity index (χ1v) is 11.3. The average Bonchev–Trinajstić information content (AvgIpc) is 2.59. The Hall–Kier alpha value is -1.22. The lowest BCUT2D eigenvalue weighted by molar-refractivity contribution is 0.0936. The molecule has 1 aromatic carbocycles. The molecule has 1 aromatic rings. The van der Waals surface area contributed by atoms with Crippen molar-refractivity contribution in [3.8, 4) is 0 Å². The highest BCUT2D eigenvalue weighted by molar-refractivity contribution is 7.90. The summed E-state index contributed by atoms with van der Waals surface area (Å²) in [5.74, 6) is -0.524. The Morgan fingerprint density at radius 3 is 2.46 bits per heavy atom. The normalized spacial score (nSPS) is 16.9. The molecule has 0 saturated carbocycles. The zero-order valence-electron chi connectivity index (χ0n) is 16.6. The van der Waals surface area contributed by atoms with Gasteiger partial charge in [0, 0.05) is 30.2 Å². The number of halogens is 2. The second kappa shape index (κ2) is 9.52. The number of carbonyl (C=O) groups excluding carboxylic acids is 1. The molecule has 158 valence electrons. The molecule has 1 amide bonds. The number of hydrogen-bond acceptors (Lipinski definition) is 4. The summed E-state index contributed by atoms with van der Waals surface area (Å²) in [6.45, 7) is 8.30. The molecule has 1 aliphatic heterocycles. The molecule has 28 heavy (non-hydrogen) atoms. The molecule has 2 rings (SSSR count). The van der Waals surface area contributed by atoms with Crippen LogP contribution in [0.2, 0.25) is 5.02 Å². The van der Waals surface area contributed by atoms with E-state index in [4.69, 9.17) is 11.6 Å². The summed E-state index contributed by atoms with van der Waals surface area (Å²) in [4.78, 5) is 14.4. The van der Waals surface area contributed by atoms with Gasteiger partial charge in [-0.15, -0.1) is 0 Å². The van der Waals surface area contributed by atoms with Gasteiger partial charge in [-0.1, -0.05) is 11.6 Å². The van der Waals surface area contributed by atoms with E-state index in [-0.39, 0.29) is 16.5 Å². The second-order valence-corrected chi connectivity index (χ2v) is 11.1. The summed E-state index contributed by atoms with van der Waals surface area (Å²) in [6.07, 6.45) is 1.83. The number of benzene rings is 1. The van der Waals surface area contributed by atoms with Gasteiger partial charge >= 0.3 is 0 Å². The lowest BCUT2D eigenvalue weighted by atomic mass is 9.96. The quantitative estimate of drug-likeness (QED) is 0.692. The second-order valence-electron chi connectivity index (χ2n) is 8.16. The van der Waals surface area contributed by atoms with Crippen molar-refractivity contribution in [3.63, 3.8) is 0 Å². The minimum absolute atomic E-state index is 0.195. The van der Waals surface area contributed by atoms with Gasteiger partial charge < -0.3 is 10.2 Å². The Bertz CT molecular complexity index is 768. The van der Waals surface area contributed by atoms with Crippen LogP contribution < -0.4 is 10.0 Å².